The molecule has 1 N–H and O–H groups in total. The number of benzene rings is 1. The molecular weight excluding hydrogens is 212 g/mol. The van der Waals surface area contributed by atoms with Gasteiger partial charge >= 0.3 is 6.07 Å². The Bertz CT molecular complexity index is 479. The molecule has 0 radical (unpaired) electrons. The van der Waals surface area contributed by atoms with E-state index in [1.54, 1.807) is 0 Å². The maximum Gasteiger partial charge on any atom is 0.311 e. The van der Waals surface area contributed by atoms with Gasteiger partial charge in [0.25, 0.3) is 6.54 Å². The van der Waals surface area contributed by atoms with Crippen LogP contribution in [0.1, 0.15) is 18.4 Å². The Hall–Kier alpha value is -2.51. The average molecular weight is 225 g/mol. The van der Waals surface area contributed by atoms with Gasteiger partial charge in [-0.05, 0) is 24.3 Å². The fraction of sp³-hybridized carbons (Fsp3) is 0.308. The summed E-state index contributed by atoms with van der Waals surface area (Å²) < 4.78 is 0. The van der Waals surface area contributed by atoms with Crippen LogP contribution in [0.4, 0.5) is 5.69 Å². The lowest BCUT2D eigenvalue weighted by atomic mass is 10.2. The summed E-state index contributed by atoms with van der Waals surface area (Å²) in [7, 11) is 0. The van der Waals surface area contributed by atoms with Gasteiger partial charge in [0.15, 0.2) is 0 Å². The SMILES string of the molecule is N#CCC[N+]#Cc1ccc(NCCC#N)cc1. The fourth-order valence-electron chi connectivity index (χ4n) is 1.18. The molecular formula is C13H13N4+. The van der Waals surface area contributed by atoms with Crippen LogP contribution >= 0.6 is 0 Å². The number of nitrogens with one attached hydrogen (secondary N) is 1. The third kappa shape index (κ3) is 5.21. The first-order valence-corrected chi connectivity index (χ1v) is 5.37. The van der Waals surface area contributed by atoms with E-state index < -0.39 is 0 Å². The molecule has 0 aliphatic heterocycles. The molecule has 0 bridgehead atoms. The molecule has 1 aromatic carbocycles. The number of nitrogens with zero attached hydrogens (tertiary/aromatic N) is 3. The largest absolute Gasteiger partial charge is 0.384 e. The van der Waals surface area contributed by atoms with E-state index in [-0.39, 0.29) is 0 Å². The predicted octanol–water partition coefficient (Wildman–Crippen LogP) is 2.61. The standard InChI is InChI=1S/C13H12N4/c14-7-1-9-16-11-12-3-5-13(6-4-12)17-10-2-8-15/h3-6H,1-2,9-10H2/p+1. The highest BCUT2D eigenvalue weighted by Gasteiger charge is 1.96. The minimum Gasteiger partial charge on any atom is -0.384 e. The lowest BCUT2D eigenvalue weighted by molar-refractivity contribution is 1.08. The van der Waals surface area contributed by atoms with E-state index in [9.17, 15) is 0 Å². The molecule has 0 saturated carbocycles. The van der Waals surface area contributed by atoms with Crippen molar-refractivity contribution in [3.63, 3.8) is 0 Å². The second kappa shape index (κ2) is 7.74. The van der Waals surface area contributed by atoms with Crippen LogP contribution in [0, 0.1) is 28.7 Å². The van der Waals surface area contributed by atoms with Crippen LogP contribution in [0.15, 0.2) is 24.3 Å². The fourth-order valence-corrected chi connectivity index (χ4v) is 1.18. The van der Waals surface area contributed by atoms with Gasteiger partial charge in [0.2, 0.25) is 0 Å². The van der Waals surface area contributed by atoms with Crippen LogP contribution in [-0.4, -0.2) is 13.1 Å². The van der Waals surface area contributed by atoms with Crippen LogP contribution in [0.25, 0.3) is 4.85 Å². The van der Waals surface area contributed by atoms with Crippen LogP contribution < -0.4 is 5.32 Å². The molecule has 0 aliphatic rings. The molecule has 4 nitrogen and oxygen atoms in total. The smallest absolute Gasteiger partial charge is 0.311 e. The topological polar surface area (TPSA) is 64.0 Å². The Morgan fingerprint density at radius 3 is 2.41 bits per heavy atom. The molecule has 84 valence electrons. The Morgan fingerprint density at radius 1 is 1.06 bits per heavy atom. The van der Waals surface area contributed by atoms with Crippen LogP contribution in [0.5, 0.6) is 0 Å². The van der Waals surface area contributed by atoms with Crippen molar-refractivity contribution in [2.24, 2.45) is 0 Å². The number of hydrogen-bond acceptors (Lipinski definition) is 3. The van der Waals surface area contributed by atoms with Gasteiger partial charge in [-0.25, -0.2) is 0 Å². The zero-order valence-corrected chi connectivity index (χ0v) is 9.48. The highest BCUT2D eigenvalue weighted by Crippen LogP contribution is 2.08. The van der Waals surface area contributed by atoms with E-state index in [4.69, 9.17) is 10.5 Å². The lowest BCUT2D eigenvalue weighted by Gasteiger charge is -2.01. The molecule has 0 aliphatic carbocycles. The van der Waals surface area contributed by atoms with E-state index in [0.29, 0.717) is 25.9 Å². The summed E-state index contributed by atoms with van der Waals surface area (Å²) in [5.41, 5.74) is 1.86. The summed E-state index contributed by atoms with van der Waals surface area (Å²) >= 11 is 0. The third-order valence-corrected chi connectivity index (χ3v) is 1.99. The normalized spacial score (nSPS) is 8.35. The molecule has 0 unspecified atom stereocenters. The lowest BCUT2D eigenvalue weighted by Crippen LogP contribution is -1.99. The van der Waals surface area contributed by atoms with E-state index >= 15 is 0 Å². The van der Waals surface area contributed by atoms with Gasteiger partial charge < -0.3 is 5.32 Å². The molecule has 0 amide bonds. The molecule has 4 heteroatoms. The molecule has 17 heavy (non-hydrogen) atoms. The van der Waals surface area contributed by atoms with Crippen molar-refractivity contribution in [2.45, 2.75) is 12.8 Å². The summed E-state index contributed by atoms with van der Waals surface area (Å²) in [5.74, 6) is 0. The van der Waals surface area contributed by atoms with Crippen molar-refractivity contribution >= 4 is 5.69 Å². The van der Waals surface area contributed by atoms with Gasteiger partial charge in [-0.1, -0.05) is 4.85 Å². The third-order valence-electron chi connectivity index (χ3n) is 1.99. The number of hydrogen-bond donors (Lipinski definition) is 1. The molecule has 0 atom stereocenters. The Balaban J connectivity index is 2.47. The molecule has 0 aromatic heterocycles. The monoisotopic (exact) mass is 225 g/mol. The second-order valence-corrected chi connectivity index (χ2v) is 3.31. The summed E-state index contributed by atoms with van der Waals surface area (Å²) in [4.78, 5) is 4.00. The molecule has 1 rings (SSSR count). The first-order valence-electron chi connectivity index (χ1n) is 5.37. The van der Waals surface area contributed by atoms with Gasteiger partial charge in [-0.3, -0.25) is 0 Å². The van der Waals surface area contributed by atoms with Gasteiger partial charge in [-0.15, -0.1) is 0 Å². The first-order chi connectivity index (χ1) is 8.36. The zero-order chi connectivity index (χ0) is 12.3. The van der Waals surface area contributed by atoms with E-state index in [1.165, 1.54) is 0 Å². The number of rotatable bonds is 4. The molecule has 0 heterocycles. The minimum atomic E-state index is 0.417. The van der Waals surface area contributed by atoms with Crippen molar-refractivity contribution in [1.82, 2.24) is 0 Å². The van der Waals surface area contributed by atoms with Crippen molar-refractivity contribution in [1.29, 1.82) is 10.5 Å². The maximum atomic E-state index is 8.39. The van der Waals surface area contributed by atoms with E-state index in [0.717, 1.165) is 11.3 Å². The molecule has 0 spiro atoms. The van der Waals surface area contributed by atoms with Crippen molar-refractivity contribution in [3.05, 3.63) is 34.7 Å². The van der Waals surface area contributed by atoms with Gasteiger partial charge in [0, 0.05) is 12.2 Å². The molecule has 0 saturated heterocycles. The number of nitriles is 2. The van der Waals surface area contributed by atoms with E-state index in [1.807, 2.05) is 30.3 Å². The quantitative estimate of drug-likeness (QED) is 0.801. The summed E-state index contributed by atoms with van der Waals surface area (Å²) in [6.07, 6.45) is 0.907. The highest BCUT2D eigenvalue weighted by molar-refractivity contribution is 5.47. The highest BCUT2D eigenvalue weighted by atomic mass is 14.9. The molecule has 0 fully saturated rings. The van der Waals surface area contributed by atoms with E-state index in [2.05, 4.69) is 22.3 Å². The zero-order valence-electron chi connectivity index (χ0n) is 9.48. The predicted molar refractivity (Wildman–Crippen MR) is 66.6 cm³/mol. The van der Waals surface area contributed by atoms with Gasteiger partial charge in [-0.2, -0.15) is 10.5 Å². The minimum absolute atomic E-state index is 0.417. The van der Waals surface area contributed by atoms with Crippen molar-refractivity contribution in [3.8, 4) is 18.2 Å². The van der Waals surface area contributed by atoms with Crippen LogP contribution in [0.2, 0.25) is 0 Å². The average Bonchev–Trinajstić information content (AvgIpc) is 2.37. The van der Waals surface area contributed by atoms with Crippen molar-refractivity contribution in [2.75, 3.05) is 18.4 Å². The molecule has 1 aromatic rings. The Kier molecular flexibility index (Phi) is 5.72. The van der Waals surface area contributed by atoms with Gasteiger partial charge in [0.1, 0.15) is 12.0 Å². The summed E-state index contributed by atoms with van der Waals surface area (Å²) in [5, 5.41) is 19.9. The Labute approximate surface area is 101 Å². The second-order valence-electron chi connectivity index (χ2n) is 3.31. The van der Waals surface area contributed by atoms with Gasteiger partial charge in [0.05, 0.1) is 18.6 Å². The Morgan fingerprint density at radius 2 is 1.76 bits per heavy atom. The van der Waals surface area contributed by atoms with Crippen LogP contribution in [0.3, 0.4) is 0 Å². The summed E-state index contributed by atoms with van der Waals surface area (Å²) in [6.45, 7) is 1.13. The van der Waals surface area contributed by atoms with Crippen LogP contribution in [-0.2, 0) is 0 Å². The van der Waals surface area contributed by atoms with Crippen molar-refractivity contribution < 1.29 is 0 Å². The first kappa shape index (κ1) is 12.6. The maximum absolute atomic E-state index is 8.39. The summed E-state index contributed by atoms with van der Waals surface area (Å²) in [6, 6.07) is 14.6. The number of anilines is 1.